The van der Waals surface area contributed by atoms with Crippen molar-refractivity contribution < 1.29 is 19.0 Å². The molecule has 3 aromatic heterocycles. The van der Waals surface area contributed by atoms with Crippen LogP contribution in [0.4, 0.5) is 0 Å². The molecule has 0 unspecified atom stereocenters. The maximum Gasteiger partial charge on any atom is 0.325 e. The Bertz CT molecular complexity index is 1070. The summed E-state index contributed by atoms with van der Waals surface area (Å²) in [5, 5.41) is 0. The third-order valence-electron chi connectivity index (χ3n) is 5.13. The highest BCUT2D eigenvalue weighted by molar-refractivity contribution is 7.26. The van der Waals surface area contributed by atoms with E-state index < -0.39 is 12.0 Å². The van der Waals surface area contributed by atoms with Gasteiger partial charge in [-0.3, -0.25) is 4.79 Å². The highest BCUT2D eigenvalue weighted by Gasteiger charge is 2.17. The molecule has 6 nitrogen and oxygen atoms in total. The van der Waals surface area contributed by atoms with Crippen LogP contribution in [0.25, 0.3) is 19.5 Å². The standard InChI is InChI=1S/C25H34N2O4S3/c1-15(26)13-30-9-7-18-11-16(2)32-23(18)21-5-6-22(34-21)24-19(12-17(3)33-24)8-10-31-14-20(27)25(28)29-4/h5-6,11-12,15,20H,7-10,13-14,26-27H2,1-4H3/t15-,20+/m1/s1. The molecular formula is C25H34N2O4S3. The Morgan fingerprint density at radius 3 is 1.85 bits per heavy atom. The van der Waals surface area contributed by atoms with E-state index in [-0.39, 0.29) is 12.6 Å². The number of carbonyl (C=O) groups is 1. The number of methoxy groups -OCH3 is 1. The van der Waals surface area contributed by atoms with Crippen molar-refractivity contribution in [1.29, 1.82) is 0 Å². The molecule has 0 aromatic carbocycles. The fourth-order valence-electron chi connectivity index (χ4n) is 3.57. The maximum absolute atomic E-state index is 11.4. The van der Waals surface area contributed by atoms with Crippen LogP contribution in [0.1, 0.15) is 27.8 Å². The third-order valence-corrected chi connectivity index (χ3v) is 8.76. The van der Waals surface area contributed by atoms with Gasteiger partial charge >= 0.3 is 5.97 Å². The lowest BCUT2D eigenvalue weighted by Gasteiger charge is -2.10. The first-order chi connectivity index (χ1) is 16.3. The van der Waals surface area contributed by atoms with Crippen LogP contribution in [-0.2, 0) is 31.8 Å². The van der Waals surface area contributed by atoms with Crippen LogP contribution in [0.5, 0.6) is 0 Å². The van der Waals surface area contributed by atoms with Gasteiger partial charge in [-0.2, -0.15) is 0 Å². The normalized spacial score (nSPS) is 13.2. The summed E-state index contributed by atoms with van der Waals surface area (Å²) in [4.78, 5) is 19.2. The lowest BCUT2D eigenvalue weighted by Crippen LogP contribution is -2.36. The van der Waals surface area contributed by atoms with E-state index >= 15 is 0 Å². The molecule has 4 N–H and O–H groups in total. The molecule has 0 aliphatic carbocycles. The molecule has 0 spiro atoms. The van der Waals surface area contributed by atoms with E-state index in [1.165, 1.54) is 47.5 Å². The van der Waals surface area contributed by atoms with E-state index in [0.29, 0.717) is 19.8 Å². The molecule has 0 aliphatic rings. The van der Waals surface area contributed by atoms with Gasteiger partial charge < -0.3 is 25.7 Å². The fourth-order valence-corrected chi connectivity index (χ4v) is 6.99. The van der Waals surface area contributed by atoms with Gasteiger partial charge in [0.25, 0.3) is 0 Å². The molecule has 0 radical (unpaired) electrons. The summed E-state index contributed by atoms with van der Waals surface area (Å²) in [5.41, 5.74) is 14.1. The second-order valence-corrected chi connectivity index (χ2v) is 11.9. The molecule has 0 fully saturated rings. The molecule has 3 aromatic rings. The van der Waals surface area contributed by atoms with Crippen LogP contribution >= 0.6 is 34.0 Å². The highest BCUT2D eigenvalue weighted by Crippen LogP contribution is 2.43. The highest BCUT2D eigenvalue weighted by atomic mass is 32.1. The first kappa shape index (κ1) is 27.0. The number of hydrogen-bond donors (Lipinski definition) is 2. The van der Waals surface area contributed by atoms with Gasteiger partial charge in [0.2, 0.25) is 0 Å². The summed E-state index contributed by atoms with van der Waals surface area (Å²) in [6.07, 6.45) is 1.65. The molecule has 0 amide bonds. The number of esters is 1. The van der Waals surface area contributed by atoms with E-state index in [2.05, 4.69) is 42.8 Å². The molecule has 186 valence electrons. The Hall–Kier alpha value is -1.59. The lowest BCUT2D eigenvalue weighted by molar-refractivity contribution is -0.143. The molecule has 3 rings (SSSR count). The summed E-state index contributed by atoms with van der Waals surface area (Å²) in [5.74, 6) is -0.457. The predicted octanol–water partition coefficient (Wildman–Crippen LogP) is 4.79. The second kappa shape index (κ2) is 12.9. The number of hydrogen-bond acceptors (Lipinski definition) is 9. The number of aryl methyl sites for hydroxylation is 2. The molecule has 0 saturated carbocycles. The van der Waals surface area contributed by atoms with Crippen molar-refractivity contribution in [2.45, 2.75) is 45.7 Å². The first-order valence-corrected chi connectivity index (χ1v) is 13.8. The average molecular weight is 523 g/mol. The maximum atomic E-state index is 11.4. The van der Waals surface area contributed by atoms with Crippen LogP contribution in [0, 0.1) is 13.8 Å². The Balaban J connectivity index is 1.67. The van der Waals surface area contributed by atoms with Crippen molar-refractivity contribution in [1.82, 2.24) is 0 Å². The van der Waals surface area contributed by atoms with Gasteiger partial charge in [0.15, 0.2) is 0 Å². The van der Waals surface area contributed by atoms with E-state index in [1.54, 1.807) is 11.3 Å². The molecule has 34 heavy (non-hydrogen) atoms. The zero-order chi connectivity index (χ0) is 24.7. The molecular weight excluding hydrogens is 488 g/mol. The Labute approximate surface area is 213 Å². The van der Waals surface area contributed by atoms with Crippen LogP contribution in [0.15, 0.2) is 24.3 Å². The summed E-state index contributed by atoms with van der Waals surface area (Å²) >= 11 is 5.47. The quantitative estimate of drug-likeness (QED) is 0.248. The van der Waals surface area contributed by atoms with E-state index in [4.69, 9.17) is 20.9 Å². The number of ether oxygens (including phenoxy) is 3. The Kier molecular flexibility index (Phi) is 10.3. The third kappa shape index (κ3) is 7.45. The molecule has 9 heteroatoms. The van der Waals surface area contributed by atoms with Crippen molar-refractivity contribution in [3.8, 4) is 19.5 Å². The minimum absolute atomic E-state index is 0.0574. The van der Waals surface area contributed by atoms with E-state index in [0.717, 1.165) is 12.8 Å². The summed E-state index contributed by atoms with van der Waals surface area (Å²) in [6.45, 7) is 8.16. The molecule has 0 saturated heterocycles. The van der Waals surface area contributed by atoms with E-state index in [9.17, 15) is 4.79 Å². The van der Waals surface area contributed by atoms with Gasteiger partial charge in [-0.1, -0.05) is 0 Å². The number of rotatable bonds is 13. The second-order valence-electron chi connectivity index (χ2n) is 8.34. The average Bonchev–Trinajstić information content (AvgIpc) is 3.51. The van der Waals surface area contributed by atoms with Crippen molar-refractivity contribution in [2.75, 3.05) is 33.5 Å². The van der Waals surface area contributed by atoms with Crippen LogP contribution in [0.2, 0.25) is 0 Å². The van der Waals surface area contributed by atoms with Gasteiger partial charge in [0, 0.05) is 35.3 Å². The summed E-state index contributed by atoms with van der Waals surface area (Å²) in [7, 11) is 1.33. The first-order valence-electron chi connectivity index (χ1n) is 11.3. The van der Waals surface area contributed by atoms with Gasteiger partial charge in [0.05, 0.1) is 33.5 Å². The van der Waals surface area contributed by atoms with Gasteiger partial charge in [-0.05, 0) is 69.0 Å². The van der Waals surface area contributed by atoms with Crippen LogP contribution in [0.3, 0.4) is 0 Å². The van der Waals surface area contributed by atoms with Gasteiger partial charge in [0.1, 0.15) is 6.04 Å². The van der Waals surface area contributed by atoms with Gasteiger partial charge in [-0.15, -0.1) is 34.0 Å². The minimum atomic E-state index is -0.749. The molecule has 3 heterocycles. The van der Waals surface area contributed by atoms with Crippen LogP contribution < -0.4 is 11.5 Å². The molecule has 0 bridgehead atoms. The van der Waals surface area contributed by atoms with Crippen molar-refractivity contribution in [3.05, 3.63) is 45.1 Å². The Morgan fingerprint density at radius 1 is 0.882 bits per heavy atom. The van der Waals surface area contributed by atoms with Crippen molar-refractivity contribution in [3.63, 3.8) is 0 Å². The number of carbonyl (C=O) groups excluding carboxylic acids is 1. The fraction of sp³-hybridized carbons (Fsp3) is 0.480. The SMILES string of the molecule is COC(=O)[C@@H](N)COCCc1cc(C)sc1-c1ccc(-c2sc(C)cc2CCOC[C@@H](C)N)s1. The van der Waals surface area contributed by atoms with Crippen molar-refractivity contribution in [2.24, 2.45) is 11.5 Å². The summed E-state index contributed by atoms with van der Waals surface area (Å²) in [6, 6.07) is 8.24. The molecule has 0 aliphatic heterocycles. The largest absolute Gasteiger partial charge is 0.468 e. The monoisotopic (exact) mass is 522 g/mol. The number of nitrogens with two attached hydrogens (primary N) is 2. The zero-order valence-corrected chi connectivity index (χ0v) is 22.7. The summed E-state index contributed by atoms with van der Waals surface area (Å²) < 4.78 is 16.0. The van der Waals surface area contributed by atoms with Crippen LogP contribution in [-0.4, -0.2) is 51.6 Å². The number of thiophene rings is 3. The Morgan fingerprint density at radius 2 is 1.38 bits per heavy atom. The smallest absolute Gasteiger partial charge is 0.325 e. The van der Waals surface area contributed by atoms with Gasteiger partial charge in [-0.25, -0.2) is 0 Å². The molecule has 2 atom stereocenters. The topological polar surface area (TPSA) is 96.8 Å². The predicted molar refractivity (Wildman–Crippen MR) is 143 cm³/mol. The zero-order valence-electron chi connectivity index (χ0n) is 20.2. The minimum Gasteiger partial charge on any atom is -0.468 e. The van der Waals surface area contributed by atoms with E-state index in [1.807, 2.05) is 29.6 Å². The van der Waals surface area contributed by atoms with Crippen molar-refractivity contribution >= 4 is 40.0 Å². The lowest BCUT2D eigenvalue weighted by atomic mass is 10.1.